The average Bonchev–Trinajstić information content (AvgIpc) is 2.82. The van der Waals surface area contributed by atoms with Crippen LogP contribution in [0, 0.1) is 5.92 Å². The molecule has 0 radical (unpaired) electrons. The zero-order valence-corrected chi connectivity index (χ0v) is 17.0. The SMILES string of the molecule is C=CCN(C(=O)C1CCN(C(=O)c2cccc3ccccc23)CC1)c1ccccc1. The summed E-state index contributed by atoms with van der Waals surface area (Å²) in [6, 6.07) is 23.5. The molecule has 0 spiro atoms. The fraction of sp³-hybridized carbons (Fsp3) is 0.231. The summed E-state index contributed by atoms with van der Waals surface area (Å²) >= 11 is 0. The van der Waals surface area contributed by atoms with Crippen LogP contribution in [0.3, 0.4) is 0 Å². The normalized spacial score (nSPS) is 14.5. The highest BCUT2D eigenvalue weighted by Crippen LogP contribution is 2.26. The Morgan fingerprint density at radius 2 is 1.60 bits per heavy atom. The van der Waals surface area contributed by atoms with Crippen molar-refractivity contribution in [3.8, 4) is 0 Å². The van der Waals surface area contributed by atoms with Gasteiger partial charge in [-0.2, -0.15) is 0 Å². The van der Waals surface area contributed by atoms with Crippen LogP contribution in [-0.2, 0) is 4.79 Å². The van der Waals surface area contributed by atoms with Crippen LogP contribution >= 0.6 is 0 Å². The van der Waals surface area contributed by atoms with E-state index in [9.17, 15) is 9.59 Å². The molecule has 3 aromatic carbocycles. The van der Waals surface area contributed by atoms with Crippen molar-refractivity contribution in [3.05, 3.63) is 91.0 Å². The molecular weight excluding hydrogens is 372 g/mol. The van der Waals surface area contributed by atoms with Gasteiger partial charge in [-0.25, -0.2) is 0 Å². The third kappa shape index (κ3) is 3.99. The Morgan fingerprint density at radius 1 is 0.933 bits per heavy atom. The van der Waals surface area contributed by atoms with E-state index in [4.69, 9.17) is 0 Å². The smallest absolute Gasteiger partial charge is 0.254 e. The number of carbonyl (C=O) groups excluding carboxylic acids is 2. The zero-order chi connectivity index (χ0) is 20.9. The van der Waals surface area contributed by atoms with Gasteiger partial charge >= 0.3 is 0 Å². The van der Waals surface area contributed by atoms with Gasteiger partial charge in [0.2, 0.25) is 5.91 Å². The summed E-state index contributed by atoms with van der Waals surface area (Å²) in [6.45, 7) is 5.47. The highest BCUT2D eigenvalue weighted by molar-refractivity contribution is 6.07. The maximum absolute atomic E-state index is 13.2. The predicted molar refractivity (Wildman–Crippen MR) is 122 cm³/mol. The number of rotatable bonds is 5. The number of nitrogens with zero attached hydrogens (tertiary/aromatic N) is 2. The highest BCUT2D eigenvalue weighted by Gasteiger charge is 2.31. The lowest BCUT2D eigenvalue weighted by molar-refractivity contribution is -0.123. The monoisotopic (exact) mass is 398 g/mol. The summed E-state index contributed by atoms with van der Waals surface area (Å²) in [5.74, 6) is 0.0730. The number of para-hydroxylation sites is 1. The molecular formula is C26H26N2O2. The average molecular weight is 399 g/mol. The second-order valence-electron chi connectivity index (χ2n) is 7.67. The van der Waals surface area contributed by atoms with Crippen molar-refractivity contribution in [3.63, 3.8) is 0 Å². The molecule has 1 heterocycles. The molecule has 4 nitrogen and oxygen atoms in total. The summed E-state index contributed by atoms with van der Waals surface area (Å²) < 4.78 is 0. The van der Waals surface area contributed by atoms with Crippen molar-refractivity contribution in [2.24, 2.45) is 5.92 Å². The van der Waals surface area contributed by atoms with Crippen molar-refractivity contribution in [2.75, 3.05) is 24.5 Å². The molecule has 4 heteroatoms. The Morgan fingerprint density at radius 3 is 2.33 bits per heavy atom. The van der Waals surface area contributed by atoms with E-state index in [2.05, 4.69) is 6.58 Å². The summed E-state index contributed by atoms with van der Waals surface area (Å²) in [6.07, 6.45) is 3.11. The maximum atomic E-state index is 13.2. The maximum Gasteiger partial charge on any atom is 0.254 e. The van der Waals surface area contributed by atoms with Crippen molar-refractivity contribution < 1.29 is 9.59 Å². The molecule has 1 aliphatic heterocycles. The molecule has 3 aromatic rings. The molecule has 0 atom stereocenters. The van der Waals surface area contributed by atoms with Crippen LogP contribution in [0.4, 0.5) is 5.69 Å². The number of likely N-dealkylation sites (tertiary alicyclic amines) is 1. The van der Waals surface area contributed by atoms with Crippen LogP contribution in [-0.4, -0.2) is 36.3 Å². The van der Waals surface area contributed by atoms with E-state index >= 15 is 0 Å². The van der Waals surface area contributed by atoms with Gasteiger partial charge in [-0.15, -0.1) is 6.58 Å². The first kappa shape index (κ1) is 19.9. The third-order valence-corrected chi connectivity index (χ3v) is 5.80. The van der Waals surface area contributed by atoms with Gasteiger partial charge in [-0.1, -0.05) is 60.7 Å². The topological polar surface area (TPSA) is 40.6 Å². The van der Waals surface area contributed by atoms with Gasteiger partial charge in [0.25, 0.3) is 5.91 Å². The first-order chi connectivity index (χ1) is 14.7. The minimum absolute atomic E-state index is 0.0451. The number of piperidine rings is 1. The zero-order valence-electron chi connectivity index (χ0n) is 17.0. The Hall–Kier alpha value is -3.40. The lowest BCUT2D eigenvalue weighted by atomic mass is 9.94. The lowest BCUT2D eigenvalue weighted by Gasteiger charge is -2.34. The number of fused-ring (bicyclic) bond motifs is 1. The Labute approximate surface area is 177 Å². The van der Waals surface area contributed by atoms with Crippen molar-refractivity contribution in [1.82, 2.24) is 4.90 Å². The van der Waals surface area contributed by atoms with E-state index in [1.165, 1.54) is 0 Å². The summed E-state index contributed by atoms with van der Waals surface area (Å²) in [7, 11) is 0. The molecule has 0 aromatic heterocycles. The molecule has 152 valence electrons. The van der Waals surface area contributed by atoms with Crippen LogP contribution in [0.15, 0.2) is 85.5 Å². The summed E-state index contributed by atoms with van der Waals surface area (Å²) in [5, 5.41) is 2.04. The largest absolute Gasteiger partial charge is 0.339 e. The number of carbonyl (C=O) groups is 2. The minimum atomic E-state index is -0.0817. The first-order valence-electron chi connectivity index (χ1n) is 10.4. The molecule has 1 saturated heterocycles. The van der Waals surface area contributed by atoms with E-state index in [1.807, 2.05) is 77.7 Å². The second kappa shape index (κ2) is 8.95. The number of hydrogen-bond donors (Lipinski definition) is 0. The molecule has 0 aliphatic carbocycles. The fourth-order valence-electron chi connectivity index (χ4n) is 4.19. The molecule has 0 N–H and O–H groups in total. The fourth-order valence-corrected chi connectivity index (χ4v) is 4.19. The molecule has 0 saturated carbocycles. The van der Waals surface area contributed by atoms with Gasteiger partial charge in [0.15, 0.2) is 0 Å². The van der Waals surface area contributed by atoms with E-state index in [-0.39, 0.29) is 17.7 Å². The van der Waals surface area contributed by atoms with E-state index < -0.39 is 0 Å². The predicted octanol–water partition coefficient (Wildman–Crippen LogP) is 4.91. The van der Waals surface area contributed by atoms with Crippen LogP contribution in [0.25, 0.3) is 10.8 Å². The summed E-state index contributed by atoms with van der Waals surface area (Å²) in [4.78, 5) is 30.0. The molecule has 1 fully saturated rings. The number of anilines is 1. The molecule has 2 amide bonds. The van der Waals surface area contributed by atoms with Crippen molar-refractivity contribution >= 4 is 28.3 Å². The summed E-state index contributed by atoms with van der Waals surface area (Å²) in [5.41, 5.74) is 1.62. The van der Waals surface area contributed by atoms with Crippen LogP contribution in [0.1, 0.15) is 23.2 Å². The second-order valence-corrected chi connectivity index (χ2v) is 7.67. The van der Waals surface area contributed by atoms with E-state index in [0.717, 1.165) is 22.0 Å². The molecule has 4 rings (SSSR count). The highest BCUT2D eigenvalue weighted by atomic mass is 16.2. The Kier molecular flexibility index (Phi) is 5.94. The van der Waals surface area contributed by atoms with Gasteiger partial charge in [-0.3, -0.25) is 9.59 Å². The number of amides is 2. The Bertz CT molecular complexity index is 1050. The standard InChI is InChI=1S/C26H26N2O2/c1-2-17-28(22-11-4-3-5-12-22)25(29)21-15-18-27(19-16-21)26(30)24-14-8-10-20-9-6-7-13-23(20)24/h2-14,21H,1,15-19H2. The van der Waals surface area contributed by atoms with Gasteiger partial charge in [0.1, 0.15) is 0 Å². The van der Waals surface area contributed by atoms with Crippen LogP contribution in [0.5, 0.6) is 0 Å². The molecule has 0 unspecified atom stereocenters. The quantitative estimate of drug-likeness (QED) is 0.573. The van der Waals surface area contributed by atoms with Gasteiger partial charge in [-0.05, 0) is 41.8 Å². The minimum Gasteiger partial charge on any atom is -0.339 e. The van der Waals surface area contributed by atoms with E-state index in [1.54, 1.807) is 11.0 Å². The molecule has 1 aliphatic rings. The van der Waals surface area contributed by atoms with Crippen LogP contribution < -0.4 is 4.90 Å². The van der Waals surface area contributed by atoms with Gasteiger partial charge in [0, 0.05) is 36.8 Å². The van der Waals surface area contributed by atoms with Gasteiger partial charge in [0.05, 0.1) is 0 Å². The third-order valence-electron chi connectivity index (χ3n) is 5.80. The first-order valence-corrected chi connectivity index (χ1v) is 10.4. The van der Waals surface area contributed by atoms with Gasteiger partial charge < -0.3 is 9.80 Å². The molecule has 30 heavy (non-hydrogen) atoms. The molecule has 0 bridgehead atoms. The van der Waals surface area contributed by atoms with Crippen LogP contribution in [0.2, 0.25) is 0 Å². The van der Waals surface area contributed by atoms with E-state index in [0.29, 0.717) is 32.5 Å². The Balaban J connectivity index is 1.46. The number of benzene rings is 3. The van der Waals surface area contributed by atoms with Crippen molar-refractivity contribution in [2.45, 2.75) is 12.8 Å². The van der Waals surface area contributed by atoms with Crippen molar-refractivity contribution in [1.29, 1.82) is 0 Å². The lowest BCUT2D eigenvalue weighted by Crippen LogP contribution is -2.44. The number of hydrogen-bond acceptors (Lipinski definition) is 2.